The Morgan fingerprint density at radius 2 is 2.25 bits per heavy atom. The molecule has 0 aliphatic rings. The molecule has 0 amide bonds. The van der Waals surface area contributed by atoms with E-state index >= 15 is 0 Å². The Kier molecular flexibility index (Phi) is 2.86. The van der Waals surface area contributed by atoms with Gasteiger partial charge in [-0.3, -0.25) is 0 Å². The van der Waals surface area contributed by atoms with E-state index in [9.17, 15) is 8.42 Å². The van der Waals surface area contributed by atoms with Crippen molar-refractivity contribution in [2.24, 2.45) is 0 Å². The maximum Gasteiger partial charge on any atom is 0.151 e. The average Bonchev–Trinajstić information content (AvgIpc) is 2.53. The van der Waals surface area contributed by atoms with E-state index in [-0.39, 0.29) is 11.5 Å². The molecule has 1 rings (SSSR count). The maximum absolute atomic E-state index is 11.1. The predicted octanol–water partition coefficient (Wildman–Crippen LogP) is 0.318. The normalized spacial score (nSPS) is 11.8. The maximum atomic E-state index is 11.1. The summed E-state index contributed by atoms with van der Waals surface area (Å²) in [4.78, 5) is 3.82. The van der Waals surface area contributed by atoms with Gasteiger partial charge < -0.3 is 4.57 Å². The van der Waals surface area contributed by atoms with Gasteiger partial charge in [-0.15, -0.1) is 0 Å². The zero-order valence-electron chi connectivity index (χ0n) is 6.97. The third-order valence-electron chi connectivity index (χ3n) is 1.66. The second kappa shape index (κ2) is 3.71. The summed E-state index contributed by atoms with van der Waals surface area (Å²) in [5.41, 5.74) is 0. The number of imidazole rings is 1. The predicted molar refractivity (Wildman–Crippen MR) is 46.6 cm³/mol. The van der Waals surface area contributed by atoms with Crippen molar-refractivity contribution in [2.75, 3.05) is 11.5 Å². The first-order valence-corrected chi connectivity index (χ1v) is 5.62. The van der Waals surface area contributed by atoms with Gasteiger partial charge in [-0.05, 0) is 0 Å². The fraction of sp³-hybridized carbons (Fsp3) is 0.571. The van der Waals surface area contributed by atoms with Crippen molar-refractivity contribution < 1.29 is 8.42 Å². The molecule has 0 saturated carbocycles. The van der Waals surface area contributed by atoms with Gasteiger partial charge in [0, 0.05) is 24.7 Å². The molecule has 68 valence electrons. The molecule has 5 heteroatoms. The summed E-state index contributed by atoms with van der Waals surface area (Å²) in [6.07, 6.45) is 5.01. The molecule has 0 aliphatic carbocycles. The van der Waals surface area contributed by atoms with Gasteiger partial charge in [0.2, 0.25) is 0 Å². The molecule has 4 nitrogen and oxygen atoms in total. The summed E-state index contributed by atoms with van der Waals surface area (Å²) in [5.74, 6) is 0.404. The molecule has 0 spiro atoms. The van der Waals surface area contributed by atoms with E-state index in [1.54, 1.807) is 30.2 Å². The van der Waals surface area contributed by atoms with E-state index in [1.807, 2.05) is 0 Å². The Balaban J connectivity index is 2.47. The van der Waals surface area contributed by atoms with Crippen molar-refractivity contribution in [1.29, 1.82) is 0 Å². The lowest BCUT2D eigenvalue weighted by Crippen LogP contribution is -2.13. The van der Waals surface area contributed by atoms with E-state index in [2.05, 4.69) is 4.98 Å². The summed E-state index contributed by atoms with van der Waals surface area (Å²) < 4.78 is 23.9. The molecule has 0 bridgehead atoms. The van der Waals surface area contributed by atoms with Crippen LogP contribution in [-0.2, 0) is 16.4 Å². The molecule has 1 heterocycles. The van der Waals surface area contributed by atoms with Gasteiger partial charge in [-0.1, -0.05) is 6.92 Å². The van der Waals surface area contributed by atoms with E-state index in [0.29, 0.717) is 6.54 Å². The molecule has 0 saturated heterocycles. The molecule has 0 aliphatic heterocycles. The summed E-state index contributed by atoms with van der Waals surface area (Å²) >= 11 is 0. The Morgan fingerprint density at radius 3 is 2.75 bits per heavy atom. The van der Waals surface area contributed by atoms with Gasteiger partial charge in [0.05, 0.1) is 12.1 Å². The van der Waals surface area contributed by atoms with Gasteiger partial charge in [0.15, 0.2) is 9.84 Å². The van der Waals surface area contributed by atoms with Crippen LogP contribution < -0.4 is 0 Å². The van der Waals surface area contributed by atoms with Crippen molar-refractivity contribution in [1.82, 2.24) is 9.55 Å². The van der Waals surface area contributed by atoms with E-state index in [1.165, 1.54) is 0 Å². The average molecular weight is 188 g/mol. The number of aromatic nitrogens is 2. The highest BCUT2D eigenvalue weighted by atomic mass is 32.2. The van der Waals surface area contributed by atoms with Crippen LogP contribution in [-0.4, -0.2) is 29.5 Å². The molecule has 0 aromatic carbocycles. The van der Waals surface area contributed by atoms with Gasteiger partial charge in [0.25, 0.3) is 0 Å². The third-order valence-corrected chi connectivity index (χ3v) is 3.34. The number of sulfone groups is 1. The molecule has 12 heavy (non-hydrogen) atoms. The van der Waals surface area contributed by atoms with E-state index in [0.717, 1.165) is 0 Å². The first-order chi connectivity index (χ1) is 5.64. The Hall–Kier alpha value is -0.840. The van der Waals surface area contributed by atoms with Crippen LogP contribution in [0.25, 0.3) is 0 Å². The Labute approximate surface area is 72.2 Å². The first-order valence-electron chi connectivity index (χ1n) is 3.80. The number of hydrogen-bond acceptors (Lipinski definition) is 3. The van der Waals surface area contributed by atoms with Crippen molar-refractivity contribution in [3.63, 3.8) is 0 Å². The van der Waals surface area contributed by atoms with Crippen LogP contribution in [0.15, 0.2) is 18.7 Å². The van der Waals surface area contributed by atoms with Crippen molar-refractivity contribution in [2.45, 2.75) is 13.5 Å². The van der Waals surface area contributed by atoms with E-state index < -0.39 is 9.84 Å². The van der Waals surface area contributed by atoms with Crippen molar-refractivity contribution in [3.8, 4) is 0 Å². The lowest BCUT2D eigenvalue weighted by Gasteiger charge is -2.01. The molecule has 0 atom stereocenters. The van der Waals surface area contributed by atoms with Crippen LogP contribution in [0.2, 0.25) is 0 Å². The molecule has 1 aromatic heterocycles. The van der Waals surface area contributed by atoms with Crippen molar-refractivity contribution >= 4 is 9.84 Å². The molecule has 0 fully saturated rings. The minimum atomic E-state index is -2.84. The van der Waals surface area contributed by atoms with Gasteiger partial charge in [-0.25, -0.2) is 13.4 Å². The summed E-state index contributed by atoms with van der Waals surface area (Å²) in [5, 5.41) is 0. The van der Waals surface area contributed by atoms with Gasteiger partial charge in [0.1, 0.15) is 0 Å². The molecule has 0 unspecified atom stereocenters. The van der Waals surface area contributed by atoms with Crippen molar-refractivity contribution in [3.05, 3.63) is 18.7 Å². The second-order valence-electron chi connectivity index (χ2n) is 2.54. The molecular weight excluding hydrogens is 176 g/mol. The number of hydrogen-bond donors (Lipinski definition) is 0. The smallest absolute Gasteiger partial charge is 0.151 e. The number of nitrogens with zero attached hydrogens (tertiary/aromatic N) is 2. The van der Waals surface area contributed by atoms with E-state index in [4.69, 9.17) is 0 Å². The second-order valence-corrected chi connectivity index (χ2v) is 5.01. The largest absolute Gasteiger partial charge is 0.336 e. The van der Waals surface area contributed by atoms with Gasteiger partial charge >= 0.3 is 0 Å². The lowest BCUT2D eigenvalue weighted by molar-refractivity contribution is 0.590. The number of rotatable bonds is 4. The van der Waals surface area contributed by atoms with Crippen LogP contribution in [0.3, 0.4) is 0 Å². The minimum absolute atomic E-state index is 0.194. The molecular formula is C7H12N2O2S. The molecule has 0 radical (unpaired) electrons. The summed E-state index contributed by atoms with van der Waals surface area (Å²) in [6, 6.07) is 0. The molecule has 1 aromatic rings. The zero-order chi connectivity index (χ0) is 9.03. The lowest BCUT2D eigenvalue weighted by atomic mass is 10.7. The Bertz CT molecular complexity index is 315. The van der Waals surface area contributed by atoms with Crippen LogP contribution >= 0.6 is 0 Å². The fourth-order valence-corrected chi connectivity index (χ4v) is 1.59. The third kappa shape index (κ3) is 2.65. The fourth-order valence-electron chi connectivity index (χ4n) is 0.808. The minimum Gasteiger partial charge on any atom is -0.336 e. The van der Waals surface area contributed by atoms with Crippen LogP contribution in [0.4, 0.5) is 0 Å². The van der Waals surface area contributed by atoms with Gasteiger partial charge in [-0.2, -0.15) is 0 Å². The SMILES string of the molecule is CCS(=O)(=O)CCn1ccnc1. The monoisotopic (exact) mass is 188 g/mol. The quantitative estimate of drug-likeness (QED) is 0.683. The Morgan fingerprint density at radius 1 is 1.50 bits per heavy atom. The van der Waals surface area contributed by atoms with Crippen LogP contribution in [0.1, 0.15) is 6.92 Å². The highest BCUT2D eigenvalue weighted by molar-refractivity contribution is 7.91. The van der Waals surface area contributed by atoms with Crippen LogP contribution in [0, 0.1) is 0 Å². The standard InChI is InChI=1S/C7H12N2O2S/c1-2-12(10,11)6-5-9-4-3-8-7-9/h3-4,7H,2,5-6H2,1H3. The first kappa shape index (κ1) is 9.25. The number of aryl methyl sites for hydroxylation is 1. The zero-order valence-corrected chi connectivity index (χ0v) is 7.79. The summed E-state index contributed by atoms with van der Waals surface area (Å²) in [6.45, 7) is 2.15. The van der Waals surface area contributed by atoms with Crippen LogP contribution in [0.5, 0.6) is 0 Å². The summed E-state index contributed by atoms with van der Waals surface area (Å²) in [7, 11) is -2.84. The highest BCUT2D eigenvalue weighted by Gasteiger charge is 2.06. The molecule has 0 N–H and O–H groups in total. The topological polar surface area (TPSA) is 52.0 Å². The highest BCUT2D eigenvalue weighted by Crippen LogP contribution is 1.93.